The first-order valence-electron chi connectivity index (χ1n) is 8.22. The van der Waals surface area contributed by atoms with Gasteiger partial charge in [-0.3, -0.25) is 9.69 Å². The summed E-state index contributed by atoms with van der Waals surface area (Å²) in [5.74, 6) is -0.0862. The summed E-state index contributed by atoms with van der Waals surface area (Å²) < 4.78 is 12.0. The Morgan fingerprint density at radius 3 is 3.00 bits per heavy atom. The van der Waals surface area contributed by atoms with Crippen molar-refractivity contribution in [3.05, 3.63) is 29.3 Å². The van der Waals surface area contributed by atoms with Crippen molar-refractivity contribution in [3.63, 3.8) is 0 Å². The van der Waals surface area contributed by atoms with Crippen LogP contribution < -0.4 is 5.32 Å². The molecule has 1 amide bonds. The quantitative estimate of drug-likeness (QED) is 0.823. The molecule has 0 bridgehead atoms. The molecular formula is C17H23N3O3S. The van der Waals surface area contributed by atoms with E-state index in [4.69, 9.17) is 9.47 Å². The number of morpholine rings is 1. The fourth-order valence-electron chi connectivity index (χ4n) is 2.75. The van der Waals surface area contributed by atoms with Gasteiger partial charge in [-0.1, -0.05) is 12.1 Å². The van der Waals surface area contributed by atoms with E-state index in [2.05, 4.69) is 15.2 Å². The Bertz CT molecular complexity index is 637. The van der Waals surface area contributed by atoms with Crippen LogP contribution in [0, 0.1) is 0 Å². The summed E-state index contributed by atoms with van der Waals surface area (Å²) in [6.07, 6.45) is 0. The van der Waals surface area contributed by atoms with E-state index in [0.29, 0.717) is 6.61 Å². The Balaban J connectivity index is 1.37. The topological polar surface area (TPSA) is 63.7 Å². The van der Waals surface area contributed by atoms with Crippen molar-refractivity contribution in [2.45, 2.75) is 19.6 Å². The molecule has 1 aliphatic rings. The third-order valence-electron chi connectivity index (χ3n) is 3.84. The highest BCUT2D eigenvalue weighted by atomic mass is 32.1. The van der Waals surface area contributed by atoms with Gasteiger partial charge in [0.1, 0.15) is 11.6 Å². The zero-order valence-corrected chi connectivity index (χ0v) is 14.7. The minimum absolute atomic E-state index is 0.0589. The number of amides is 1. The van der Waals surface area contributed by atoms with Gasteiger partial charge in [0.25, 0.3) is 0 Å². The summed E-state index contributed by atoms with van der Waals surface area (Å²) in [7, 11) is 0. The molecule has 24 heavy (non-hydrogen) atoms. The van der Waals surface area contributed by atoms with Gasteiger partial charge in [-0.05, 0) is 19.1 Å². The smallest absolute Gasteiger partial charge is 0.246 e. The molecule has 1 aromatic carbocycles. The number of nitrogens with zero attached hydrogens (tertiary/aromatic N) is 2. The molecule has 2 heterocycles. The highest BCUT2D eigenvalue weighted by Crippen LogP contribution is 2.21. The fraction of sp³-hybridized carbons (Fsp3) is 0.529. The van der Waals surface area contributed by atoms with Gasteiger partial charge < -0.3 is 14.8 Å². The van der Waals surface area contributed by atoms with Gasteiger partial charge in [0.2, 0.25) is 5.91 Å². The molecule has 1 fully saturated rings. The van der Waals surface area contributed by atoms with E-state index in [1.807, 2.05) is 31.2 Å². The first-order valence-corrected chi connectivity index (χ1v) is 9.04. The molecule has 1 saturated heterocycles. The third kappa shape index (κ3) is 4.98. The number of carbonyl (C=O) groups excluding carboxylic acids is 1. The molecule has 2 aromatic rings. The van der Waals surface area contributed by atoms with Crippen LogP contribution in [0.15, 0.2) is 24.3 Å². The summed E-state index contributed by atoms with van der Waals surface area (Å²) in [5.41, 5.74) is 0.977. The molecule has 0 saturated carbocycles. The van der Waals surface area contributed by atoms with Crippen LogP contribution in [-0.4, -0.2) is 61.3 Å². The Morgan fingerprint density at radius 1 is 1.42 bits per heavy atom. The van der Waals surface area contributed by atoms with Crippen molar-refractivity contribution in [3.8, 4) is 0 Å². The maximum atomic E-state index is 12.0. The van der Waals surface area contributed by atoms with E-state index < -0.39 is 0 Å². The van der Waals surface area contributed by atoms with E-state index in [-0.39, 0.29) is 18.6 Å². The molecule has 0 aliphatic carbocycles. The van der Waals surface area contributed by atoms with Gasteiger partial charge >= 0.3 is 0 Å². The minimum Gasteiger partial charge on any atom is -0.379 e. The lowest BCUT2D eigenvalue weighted by Gasteiger charge is -2.29. The lowest BCUT2D eigenvalue weighted by molar-refractivity contribution is -0.126. The van der Waals surface area contributed by atoms with Crippen molar-refractivity contribution in [2.75, 3.05) is 39.5 Å². The highest BCUT2D eigenvalue weighted by molar-refractivity contribution is 7.18. The van der Waals surface area contributed by atoms with E-state index in [9.17, 15) is 4.79 Å². The van der Waals surface area contributed by atoms with Crippen LogP contribution in [0.25, 0.3) is 10.2 Å². The lowest BCUT2D eigenvalue weighted by Crippen LogP contribution is -2.46. The average Bonchev–Trinajstić information content (AvgIpc) is 2.98. The average molecular weight is 349 g/mol. The molecule has 1 aromatic heterocycles. The molecule has 3 rings (SSSR count). The summed E-state index contributed by atoms with van der Waals surface area (Å²) >= 11 is 1.60. The Hall–Kier alpha value is -1.54. The number of hydrogen-bond donors (Lipinski definition) is 1. The Labute approximate surface area is 145 Å². The fourth-order valence-corrected chi connectivity index (χ4v) is 3.65. The molecule has 6 nitrogen and oxygen atoms in total. The number of thiazole rings is 1. The SMILES string of the molecule is C[C@H](CN1CCOCC1)NC(=O)COCc1nc2ccccc2s1. The third-order valence-corrected chi connectivity index (χ3v) is 4.85. The molecule has 1 N–H and O–H groups in total. The molecule has 1 aliphatic heterocycles. The number of hydrogen-bond acceptors (Lipinski definition) is 6. The van der Waals surface area contributed by atoms with Gasteiger partial charge in [0, 0.05) is 25.7 Å². The molecule has 7 heteroatoms. The normalized spacial score (nSPS) is 17.0. The Morgan fingerprint density at radius 2 is 2.21 bits per heavy atom. The van der Waals surface area contributed by atoms with Crippen LogP contribution in [0.5, 0.6) is 0 Å². The first kappa shape index (κ1) is 17.3. The maximum Gasteiger partial charge on any atom is 0.246 e. The van der Waals surface area contributed by atoms with Crippen LogP contribution >= 0.6 is 11.3 Å². The number of benzene rings is 1. The van der Waals surface area contributed by atoms with Crippen LogP contribution in [0.3, 0.4) is 0 Å². The minimum atomic E-state index is -0.0862. The predicted molar refractivity (Wildman–Crippen MR) is 94.1 cm³/mol. The Kier molecular flexibility index (Phi) is 6.14. The van der Waals surface area contributed by atoms with E-state index in [1.54, 1.807) is 11.3 Å². The summed E-state index contributed by atoms with van der Waals surface area (Å²) in [6.45, 7) is 6.67. The molecular weight excluding hydrogens is 326 g/mol. The van der Waals surface area contributed by atoms with Gasteiger partial charge in [0.15, 0.2) is 0 Å². The van der Waals surface area contributed by atoms with E-state index >= 15 is 0 Å². The number of fused-ring (bicyclic) bond motifs is 1. The molecule has 130 valence electrons. The van der Waals surface area contributed by atoms with Gasteiger partial charge in [-0.15, -0.1) is 11.3 Å². The monoisotopic (exact) mass is 349 g/mol. The van der Waals surface area contributed by atoms with Gasteiger partial charge in [-0.2, -0.15) is 0 Å². The largest absolute Gasteiger partial charge is 0.379 e. The lowest BCUT2D eigenvalue weighted by atomic mass is 10.3. The van der Waals surface area contributed by atoms with Crippen LogP contribution in [0.1, 0.15) is 11.9 Å². The maximum absolute atomic E-state index is 12.0. The second-order valence-corrected chi connectivity index (χ2v) is 7.06. The number of rotatable bonds is 7. The summed E-state index contributed by atoms with van der Waals surface area (Å²) in [5, 5.41) is 3.87. The number of carbonyl (C=O) groups is 1. The number of aromatic nitrogens is 1. The highest BCUT2D eigenvalue weighted by Gasteiger charge is 2.15. The van der Waals surface area contributed by atoms with Crippen LogP contribution in [0.4, 0.5) is 0 Å². The van der Waals surface area contributed by atoms with Crippen molar-refractivity contribution in [2.24, 2.45) is 0 Å². The van der Waals surface area contributed by atoms with Crippen molar-refractivity contribution >= 4 is 27.5 Å². The second-order valence-electron chi connectivity index (χ2n) is 5.95. The molecule has 0 unspecified atom stereocenters. The standard InChI is InChI=1S/C17H23N3O3S/c1-13(10-20-6-8-22-9-7-20)18-16(21)11-23-12-17-19-14-4-2-3-5-15(14)24-17/h2-5,13H,6-12H2,1H3,(H,18,21)/t13-/m1/s1. The van der Waals surface area contributed by atoms with E-state index in [0.717, 1.165) is 48.1 Å². The summed E-state index contributed by atoms with van der Waals surface area (Å²) in [4.78, 5) is 18.8. The van der Waals surface area contributed by atoms with Crippen molar-refractivity contribution in [1.82, 2.24) is 15.2 Å². The van der Waals surface area contributed by atoms with Crippen LogP contribution in [0.2, 0.25) is 0 Å². The number of nitrogens with one attached hydrogen (secondary N) is 1. The second kappa shape index (κ2) is 8.53. The molecule has 0 radical (unpaired) electrons. The van der Waals surface area contributed by atoms with Crippen molar-refractivity contribution < 1.29 is 14.3 Å². The predicted octanol–water partition coefficient (Wildman–Crippen LogP) is 1.65. The number of para-hydroxylation sites is 1. The van der Waals surface area contributed by atoms with Gasteiger partial charge in [-0.25, -0.2) is 4.98 Å². The first-order chi connectivity index (χ1) is 11.7. The van der Waals surface area contributed by atoms with Crippen molar-refractivity contribution in [1.29, 1.82) is 0 Å². The van der Waals surface area contributed by atoms with E-state index in [1.165, 1.54) is 0 Å². The zero-order valence-electron chi connectivity index (χ0n) is 13.9. The van der Waals surface area contributed by atoms with Crippen LogP contribution in [-0.2, 0) is 20.9 Å². The molecule has 0 spiro atoms. The van der Waals surface area contributed by atoms with Gasteiger partial charge in [0.05, 0.1) is 30.0 Å². The number of ether oxygens (including phenoxy) is 2. The zero-order chi connectivity index (χ0) is 16.8. The molecule has 1 atom stereocenters. The summed E-state index contributed by atoms with van der Waals surface area (Å²) in [6, 6.07) is 8.08.